The van der Waals surface area contributed by atoms with Gasteiger partial charge in [0.15, 0.2) is 11.5 Å². The van der Waals surface area contributed by atoms with Crippen molar-refractivity contribution < 1.29 is 14.7 Å². The maximum atomic E-state index is 12.5. The van der Waals surface area contributed by atoms with Gasteiger partial charge >= 0.3 is 12.0 Å². The number of hydrogen-bond acceptors (Lipinski definition) is 5. The van der Waals surface area contributed by atoms with Gasteiger partial charge in [0.25, 0.3) is 0 Å². The van der Waals surface area contributed by atoms with E-state index in [1.165, 1.54) is 4.90 Å². The second-order valence-electron chi connectivity index (χ2n) is 5.89. The number of urea groups is 1. The Kier molecular flexibility index (Phi) is 6.63. The van der Waals surface area contributed by atoms with Crippen molar-refractivity contribution in [2.24, 2.45) is 5.92 Å². The first-order chi connectivity index (χ1) is 11.9. The van der Waals surface area contributed by atoms with Crippen molar-refractivity contribution in [1.29, 1.82) is 0 Å². The molecule has 0 aliphatic heterocycles. The van der Waals surface area contributed by atoms with Gasteiger partial charge in [0.2, 0.25) is 0 Å². The molecule has 0 fully saturated rings. The van der Waals surface area contributed by atoms with Crippen molar-refractivity contribution in [3.8, 4) is 0 Å². The van der Waals surface area contributed by atoms with Crippen LogP contribution in [0, 0.1) is 5.92 Å². The van der Waals surface area contributed by atoms with Crippen LogP contribution in [-0.2, 0) is 4.79 Å². The van der Waals surface area contributed by atoms with Gasteiger partial charge in [0.1, 0.15) is 0 Å². The van der Waals surface area contributed by atoms with E-state index in [0.717, 1.165) is 5.75 Å². The molecule has 2 aromatic rings. The molecule has 0 bridgehead atoms. The molecule has 8 nitrogen and oxygen atoms in total. The maximum Gasteiger partial charge on any atom is 0.317 e. The molecule has 0 aromatic carbocycles. The summed E-state index contributed by atoms with van der Waals surface area (Å²) in [5.74, 6) is -0.0453. The summed E-state index contributed by atoms with van der Waals surface area (Å²) in [4.78, 5) is 24.8. The third kappa shape index (κ3) is 4.85. The standard InChI is InChI=1S/C16H23N5O3S/c1-11(15(22)23)10-20(2)16(24)17-12(7-9-25-3)14-19-18-13-6-4-5-8-21(13)14/h4-6,8,11-12H,7,9-10H2,1-3H3,(H,17,24)(H,22,23). The molecule has 2 unspecified atom stereocenters. The van der Waals surface area contributed by atoms with Gasteiger partial charge in [-0.1, -0.05) is 13.0 Å². The Morgan fingerprint density at radius 2 is 2.16 bits per heavy atom. The Hall–Kier alpha value is -2.29. The van der Waals surface area contributed by atoms with Crippen LogP contribution in [0.5, 0.6) is 0 Å². The zero-order valence-corrected chi connectivity index (χ0v) is 15.4. The van der Waals surface area contributed by atoms with Crippen molar-refractivity contribution in [3.63, 3.8) is 0 Å². The van der Waals surface area contributed by atoms with Crippen molar-refractivity contribution in [2.45, 2.75) is 19.4 Å². The highest BCUT2D eigenvalue weighted by atomic mass is 32.2. The summed E-state index contributed by atoms with van der Waals surface area (Å²) in [6, 6.07) is 4.98. The number of fused-ring (bicyclic) bond motifs is 1. The van der Waals surface area contributed by atoms with Gasteiger partial charge < -0.3 is 15.3 Å². The molecule has 2 atom stereocenters. The molecule has 2 heterocycles. The fourth-order valence-electron chi connectivity index (χ4n) is 2.43. The van der Waals surface area contributed by atoms with E-state index in [1.807, 2.05) is 35.1 Å². The lowest BCUT2D eigenvalue weighted by molar-refractivity contribution is -0.141. The minimum atomic E-state index is -0.929. The number of carboxylic acids is 1. The van der Waals surface area contributed by atoms with Crippen molar-refractivity contribution in [1.82, 2.24) is 24.8 Å². The Bertz CT molecular complexity index is 735. The van der Waals surface area contributed by atoms with Crippen LogP contribution >= 0.6 is 11.8 Å². The average molecular weight is 365 g/mol. The van der Waals surface area contributed by atoms with E-state index >= 15 is 0 Å². The Labute approximate surface area is 150 Å². The van der Waals surface area contributed by atoms with Crippen LogP contribution in [0.15, 0.2) is 24.4 Å². The van der Waals surface area contributed by atoms with Gasteiger partial charge in [-0.3, -0.25) is 9.20 Å². The Morgan fingerprint density at radius 3 is 2.84 bits per heavy atom. The van der Waals surface area contributed by atoms with E-state index < -0.39 is 11.9 Å². The molecular formula is C16H23N5O3S. The predicted octanol–water partition coefficient (Wildman–Crippen LogP) is 1.89. The number of hydrogen-bond donors (Lipinski definition) is 2. The van der Waals surface area contributed by atoms with E-state index in [-0.39, 0.29) is 18.6 Å². The molecule has 2 amide bonds. The number of nitrogens with zero attached hydrogens (tertiary/aromatic N) is 4. The molecule has 2 N–H and O–H groups in total. The number of aromatic nitrogens is 3. The highest BCUT2D eigenvalue weighted by Gasteiger charge is 2.23. The molecule has 136 valence electrons. The summed E-state index contributed by atoms with van der Waals surface area (Å²) in [6.45, 7) is 1.71. The number of nitrogens with one attached hydrogen (secondary N) is 1. The lowest BCUT2D eigenvalue weighted by Crippen LogP contribution is -2.42. The number of thioether (sulfide) groups is 1. The zero-order valence-electron chi connectivity index (χ0n) is 14.5. The maximum absolute atomic E-state index is 12.5. The summed E-state index contributed by atoms with van der Waals surface area (Å²) in [6.07, 6.45) is 4.56. The van der Waals surface area contributed by atoms with Crippen LogP contribution in [0.4, 0.5) is 4.79 Å². The molecule has 25 heavy (non-hydrogen) atoms. The summed E-state index contributed by atoms with van der Waals surface area (Å²) >= 11 is 1.68. The van der Waals surface area contributed by atoms with Crippen LogP contribution in [0.25, 0.3) is 5.65 Å². The number of carboxylic acid groups (broad SMARTS) is 1. The van der Waals surface area contributed by atoms with E-state index in [4.69, 9.17) is 5.11 Å². The van der Waals surface area contributed by atoms with Crippen molar-refractivity contribution >= 4 is 29.4 Å². The zero-order chi connectivity index (χ0) is 18.4. The molecule has 0 radical (unpaired) electrons. The predicted molar refractivity (Wildman–Crippen MR) is 96.7 cm³/mol. The van der Waals surface area contributed by atoms with Crippen LogP contribution < -0.4 is 5.32 Å². The summed E-state index contributed by atoms with van der Waals surface area (Å²) in [5, 5.41) is 20.3. The number of rotatable bonds is 8. The number of aliphatic carboxylic acids is 1. The number of carbonyl (C=O) groups is 2. The lowest BCUT2D eigenvalue weighted by Gasteiger charge is -2.24. The molecule has 0 spiro atoms. The third-order valence-electron chi connectivity index (χ3n) is 3.88. The number of carbonyl (C=O) groups excluding carboxylic acids is 1. The topological polar surface area (TPSA) is 99.8 Å². The van der Waals surface area contributed by atoms with Gasteiger partial charge in [0.05, 0.1) is 12.0 Å². The quantitative estimate of drug-likeness (QED) is 0.741. The fraction of sp³-hybridized carbons (Fsp3) is 0.500. The van der Waals surface area contributed by atoms with E-state index in [9.17, 15) is 9.59 Å². The van der Waals surface area contributed by atoms with E-state index in [2.05, 4.69) is 15.5 Å². The number of amides is 2. The number of pyridine rings is 1. The average Bonchev–Trinajstić information content (AvgIpc) is 3.02. The Morgan fingerprint density at radius 1 is 1.40 bits per heavy atom. The lowest BCUT2D eigenvalue weighted by atomic mass is 10.2. The smallest absolute Gasteiger partial charge is 0.317 e. The van der Waals surface area contributed by atoms with Crippen LogP contribution in [0.3, 0.4) is 0 Å². The van der Waals surface area contributed by atoms with Crippen LogP contribution in [-0.4, -0.2) is 62.2 Å². The molecule has 9 heteroatoms. The normalized spacial score (nSPS) is 13.4. The highest BCUT2D eigenvalue weighted by molar-refractivity contribution is 7.98. The molecular weight excluding hydrogens is 342 g/mol. The molecule has 2 rings (SSSR count). The largest absolute Gasteiger partial charge is 0.481 e. The van der Waals surface area contributed by atoms with Gasteiger partial charge in [-0.2, -0.15) is 11.8 Å². The fourth-order valence-corrected chi connectivity index (χ4v) is 2.90. The summed E-state index contributed by atoms with van der Waals surface area (Å²) in [7, 11) is 1.59. The van der Waals surface area contributed by atoms with Crippen molar-refractivity contribution in [2.75, 3.05) is 25.6 Å². The first kappa shape index (κ1) is 19.0. The first-order valence-electron chi connectivity index (χ1n) is 7.97. The minimum absolute atomic E-state index is 0.136. The second-order valence-corrected chi connectivity index (χ2v) is 6.88. The monoisotopic (exact) mass is 365 g/mol. The molecule has 0 saturated heterocycles. The second kappa shape index (κ2) is 8.70. The third-order valence-corrected chi connectivity index (χ3v) is 4.52. The van der Waals surface area contributed by atoms with Crippen LogP contribution in [0.1, 0.15) is 25.2 Å². The summed E-state index contributed by atoms with van der Waals surface area (Å²) < 4.78 is 1.85. The first-order valence-corrected chi connectivity index (χ1v) is 9.36. The van der Waals surface area contributed by atoms with Gasteiger partial charge in [0, 0.05) is 19.8 Å². The molecule has 0 aliphatic carbocycles. The van der Waals surface area contributed by atoms with Crippen molar-refractivity contribution in [3.05, 3.63) is 30.2 Å². The van der Waals surface area contributed by atoms with E-state index in [0.29, 0.717) is 17.9 Å². The van der Waals surface area contributed by atoms with Gasteiger partial charge in [-0.25, -0.2) is 4.79 Å². The molecule has 0 aliphatic rings. The SMILES string of the molecule is CSCCC(NC(=O)N(C)CC(C)C(=O)O)c1nnc2ccccn12. The van der Waals surface area contributed by atoms with E-state index in [1.54, 1.807) is 25.7 Å². The minimum Gasteiger partial charge on any atom is -0.481 e. The van der Waals surface area contributed by atoms with Gasteiger partial charge in [-0.05, 0) is 30.6 Å². The van der Waals surface area contributed by atoms with Gasteiger partial charge in [-0.15, -0.1) is 10.2 Å². The Balaban J connectivity index is 2.14. The summed E-state index contributed by atoms with van der Waals surface area (Å²) in [5.41, 5.74) is 0.716. The highest BCUT2D eigenvalue weighted by Crippen LogP contribution is 2.18. The van der Waals surface area contributed by atoms with Crippen LogP contribution in [0.2, 0.25) is 0 Å². The molecule has 0 saturated carbocycles. The molecule has 2 aromatic heterocycles.